The zero-order valence-corrected chi connectivity index (χ0v) is 19.3. The fraction of sp³-hybridized carbons (Fsp3) is 0.103. The highest BCUT2D eigenvalue weighted by atomic mass is 16.5. The van der Waals surface area contributed by atoms with Crippen molar-refractivity contribution in [2.75, 3.05) is 6.61 Å². The van der Waals surface area contributed by atoms with Gasteiger partial charge in [0.1, 0.15) is 6.61 Å². The highest BCUT2D eigenvalue weighted by molar-refractivity contribution is 5.87. The summed E-state index contributed by atoms with van der Waals surface area (Å²) >= 11 is 0. The van der Waals surface area contributed by atoms with Gasteiger partial charge in [-0.15, -0.1) is 0 Å². The Balaban J connectivity index is 1.13. The number of azo groups is 1. The Hall–Kier alpha value is -4.78. The molecule has 1 aliphatic rings. The van der Waals surface area contributed by atoms with E-state index in [0.29, 0.717) is 17.9 Å². The molecule has 0 saturated heterocycles. The molecule has 0 radical (unpaired) electrons. The molecule has 0 unspecified atom stereocenters. The van der Waals surface area contributed by atoms with Gasteiger partial charge in [0, 0.05) is 12.5 Å². The van der Waals surface area contributed by atoms with Gasteiger partial charge in [0.05, 0.1) is 16.9 Å². The molecule has 4 aromatic carbocycles. The highest BCUT2D eigenvalue weighted by Crippen LogP contribution is 2.44. The molecule has 5 rings (SSSR count). The smallest absolute Gasteiger partial charge is 0.407 e. The lowest BCUT2D eigenvalue weighted by molar-refractivity contribution is 0.0697. The van der Waals surface area contributed by atoms with Gasteiger partial charge in [-0.25, -0.2) is 9.59 Å². The van der Waals surface area contributed by atoms with Crippen LogP contribution >= 0.6 is 0 Å². The first-order chi connectivity index (χ1) is 17.6. The van der Waals surface area contributed by atoms with Crippen LogP contribution in [-0.2, 0) is 11.3 Å². The van der Waals surface area contributed by atoms with Crippen molar-refractivity contribution >= 4 is 23.4 Å². The number of carbonyl (C=O) groups is 2. The Labute approximate surface area is 208 Å². The van der Waals surface area contributed by atoms with Crippen LogP contribution in [0.3, 0.4) is 0 Å². The number of aromatic carboxylic acids is 1. The van der Waals surface area contributed by atoms with E-state index in [1.807, 2.05) is 36.4 Å². The molecule has 0 spiro atoms. The summed E-state index contributed by atoms with van der Waals surface area (Å²) in [5, 5.41) is 20.0. The highest BCUT2D eigenvalue weighted by Gasteiger charge is 2.28. The average molecular weight is 478 g/mol. The van der Waals surface area contributed by atoms with Crippen molar-refractivity contribution in [3.63, 3.8) is 0 Å². The Morgan fingerprint density at radius 3 is 1.83 bits per heavy atom. The van der Waals surface area contributed by atoms with Gasteiger partial charge in [0.25, 0.3) is 0 Å². The van der Waals surface area contributed by atoms with Gasteiger partial charge in [0.15, 0.2) is 0 Å². The van der Waals surface area contributed by atoms with E-state index >= 15 is 0 Å². The maximum absolute atomic E-state index is 12.4. The van der Waals surface area contributed by atoms with E-state index in [0.717, 1.165) is 5.56 Å². The summed E-state index contributed by atoms with van der Waals surface area (Å²) in [6, 6.07) is 29.9. The molecule has 7 nitrogen and oxygen atoms in total. The summed E-state index contributed by atoms with van der Waals surface area (Å²) in [4.78, 5) is 23.3. The summed E-state index contributed by atoms with van der Waals surface area (Å²) in [5.41, 5.74) is 7.02. The number of ether oxygens (including phenoxy) is 1. The standard InChI is InChI=1S/C29H23N3O4/c33-28(34)20-11-15-22(16-12-20)32-31-21-13-9-19(10-14-21)17-30-29(35)36-18-27-25-7-3-1-5-23(25)24-6-2-4-8-26(24)27/h1-16,27H,17-18H2,(H,30,35)(H,33,34). The van der Waals surface area contributed by atoms with Gasteiger partial charge < -0.3 is 15.2 Å². The quantitative estimate of drug-likeness (QED) is 0.285. The Kier molecular flexibility index (Phi) is 6.53. The molecular weight excluding hydrogens is 454 g/mol. The second-order valence-corrected chi connectivity index (χ2v) is 8.40. The van der Waals surface area contributed by atoms with E-state index in [1.54, 1.807) is 24.3 Å². The third-order valence-corrected chi connectivity index (χ3v) is 6.11. The number of carbonyl (C=O) groups excluding carboxylic acids is 1. The number of rotatable bonds is 7. The Morgan fingerprint density at radius 2 is 1.28 bits per heavy atom. The van der Waals surface area contributed by atoms with Crippen molar-refractivity contribution in [1.29, 1.82) is 0 Å². The van der Waals surface area contributed by atoms with Crippen molar-refractivity contribution < 1.29 is 19.4 Å². The average Bonchev–Trinajstić information content (AvgIpc) is 3.24. The normalized spacial score (nSPS) is 12.2. The van der Waals surface area contributed by atoms with Crippen molar-refractivity contribution in [1.82, 2.24) is 5.32 Å². The molecule has 4 aromatic rings. The molecule has 2 N–H and O–H groups in total. The fourth-order valence-corrected chi connectivity index (χ4v) is 4.29. The molecule has 0 aliphatic heterocycles. The lowest BCUT2D eigenvalue weighted by atomic mass is 9.98. The van der Waals surface area contributed by atoms with Crippen LogP contribution < -0.4 is 5.32 Å². The fourth-order valence-electron chi connectivity index (χ4n) is 4.29. The van der Waals surface area contributed by atoms with Crippen molar-refractivity contribution in [3.05, 3.63) is 119 Å². The van der Waals surface area contributed by atoms with Crippen LogP contribution in [0.15, 0.2) is 107 Å². The maximum Gasteiger partial charge on any atom is 0.407 e. The number of fused-ring (bicyclic) bond motifs is 3. The molecule has 178 valence electrons. The van der Waals surface area contributed by atoms with E-state index < -0.39 is 12.1 Å². The van der Waals surface area contributed by atoms with Gasteiger partial charge in [-0.2, -0.15) is 10.2 Å². The van der Waals surface area contributed by atoms with E-state index in [4.69, 9.17) is 9.84 Å². The Bertz CT molecular complexity index is 1380. The first-order valence-corrected chi connectivity index (χ1v) is 11.5. The van der Waals surface area contributed by atoms with Crippen molar-refractivity contribution in [2.24, 2.45) is 10.2 Å². The van der Waals surface area contributed by atoms with Crippen LogP contribution in [0.2, 0.25) is 0 Å². The number of hydrogen-bond donors (Lipinski definition) is 2. The number of nitrogens with zero attached hydrogens (tertiary/aromatic N) is 2. The number of carboxylic acid groups (broad SMARTS) is 1. The van der Waals surface area contributed by atoms with Crippen molar-refractivity contribution in [3.8, 4) is 11.1 Å². The minimum atomic E-state index is -0.985. The number of benzene rings is 4. The van der Waals surface area contributed by atoms with Crippen LogP contribution in [0, 0.1) is 0 Å². The third-order valence-electron chi connectivity index (χ3n) is 6.11. The van der Waals surface area contributed by atoms with Crippen LogP contribution in [0.1, 0.15) is 33.0 Å². The van der Waals surface area contributed by atoms with E-state index in [1.165, 1.54) is 34.4 Å². The molecule has 0 atom stereocenters. The molecule has 1 aliphatic carbocycles. The summed E-state index contributed by atoms with van der Waals surface area (Å²) in [6.45, 7) is 0.595. The van der Waals surface area contributed by atoms with Gasteiger partial charge in [-0.05, 0) is 64.2 Å². The maximum atomic E-state index is 12.4. The lowest BCUT2D eigenvalue weighted by Gasteiger charge is -2.14. The van der Waals surface area contributed by atoms with Gasteiger partial charge >= 0.3 is 12.1 Å². The number of hydrogen-bond acceptors (Lipinski definition) is 5. The minimum absolute atomic E-state index is 0.0214. The topological polar surface area (TPSA) is 100 Å². The number of amides is 1. The molecule has 0 bridgehead atoms. The van der Waals surface area contributed by atoms with Crippen LogP contribution in [0.5, 0.6) is 0 Å². The molecule has 1 amide bonds. The SMILES string of the molecule is O=C(NCc1ccc(N=Nc2ccc(C(=O)O)cc2)cc1)OCC1c2ccccc2-c2ccccc21. The predicted octanol–water partition coefficient (Wildman–Crippen LogP) is 6.84. The molecular formula is C29H23N3O4. The zero-order chi connectivity index (χ0) is 24.9. The van der Waals surface area contributed by atoms with Gasteiger partial charge in [-0.3, -0.25) is 0 Å². The van der Waals surface area contributed by atoms with E-state index in [9.17, 15) is 9.59 Å². The molecule has 0 heterocycles. The predicted molar refractivity (Wildman–Crippen MR) is 136 cm³/mol. The third kappa shape index (κ3) is 5.00. The first-order valence-electron chi connectivity index (χ1n) is 11.5. The number of nitrogens with one attached hydrogen (secondary N) is 1. The lowest BCUT2D eigenvalue weighted by Crippen LogP contribution is -2.25. The summed E-state index contributed by atoms with van der Waals surface area (Å²) in [6.07, 6.45) is -0.467. The van der Waals surface area contributed by atoms with E-state index in [-0.39, 0.29) is 18.1 Å². The van der Waals surface area contributed by atoms with Crippen LogP contribution in [0.4, 0.5) is 16.2 Å². The summed E-state index contributed by atoms with van der Waals surface area (Å²) in [7, 11) is 0. The molecule has 0 saturated carbocycles. The first kappa shape index (κ1) is 23.0. The number of alkyl carbamates (subject to hydrolysis) is 1. The summed E-state index contributed by atoms with van der Waals surface area (Å²) < 4.78 is 5.58. The Morgan fingerprint density at radius 1 is 0.750 bits per heavy atom. The van der Waals surface area contributed by atoms with Crippen LogP contribution in [0.25, 0.3) is 11.1 Å². The monoisotopic (exact) mass is 477 g/mol. The second-order valence-electron chi connectivity index (χ2n) is 8.40. The van der Waals surface area contributed by atoms with Crippen molar-refractivity contribution in [2.45, 2.75) is 12.5 Å². The van der Waals surface area contributed by atoms with Gasteiger partial charge in [0.2, 0.25) is 0 Å². The molecule has 36 heavy (non-hydrogen) atoms. The van der Waals surface area contributed by atoms with Gasteiger partial charge in [-0.1, -0.05) is 60.7 Å². The second kappa shape index (κ2) is 10.2. The molecule has 0 fully saturated rings. The largest absolute Gasteiger partial charge is 0.478 e. The molecule has 0 aromatic heterocycles. The zero-order valence-electron chi connectivity index (χ0n) is 19.3. The summed E-state index contributed by atoms with van der Waals surface area (Å²) in [5.74, 6) is -0.964. The van der Waals surface area contributed by atoms with E-state index in [2.05, 4.69) is 39.8 Å². The molecule has 7 heteroatoms. The number of carboxylic acids is 1. The van der Waals surface area contributed by atoms with Crippen LogP contribution in [-0.4, -0.2) is 23.8 Å². The minimum Gasteiger partial charge on any atom is -0.478 e.